The van der Waals surface area contributed by atoms with Crippen molar-refractivity contribution in [3.05, 3.63) is 63.4 Å². The van der Waals surface area contributed by atoms with Gasteiger partial charge in [0.05, 0.1) is 29.0 Å². The third-order valence-corrected chi connectivity index (χ3v) is 5.42. The number of nitrogens with zero attached hydrogens (tertiary/aromatic N) is 2. The molecule has 0 spiro atoms. The number of pyridine rings is 2. The number of para-hydroxylation sites is 1. The van der Waals surface area contributed by atoms with Crippen molar-refractivity contribution >= 4 is 16.9 Å². The van der Waals surface area contributed by atoms with E-state index in [9.17, 15) is 14.7 Å². The van der Waals surface area contributed by atoms with Crippen LogP contribution in [0.25, 0.3) is 22.3 Å². The number of hydrogen-bond donors (Lipinski definition) is 3. The summed E-state index contributed by atoms with van der Waals surface area (Å²) in [5.74, 6) is 3.89. The normalized spacial score (nSPS) is 19.0. The molecule has 29 heavy (non-hydrogen) atoms. The maximum Gasteiger partial charge on any atom is 0.343 e. The van der Waals surface area contributed by atoms with Crippen LogP contribution in [0.2, 0.25) is 0 Å². The first kappa shape index (κ1) is 19.3. The van der Waals surface area contributed by atoms with Crippen molar-refractivity contribution in [2.75, 3.05) is 7.05 Å². The van der Waals surface area contributed by atoms with Crippen molar-refractivity contribution in [2.45, 2.75) is 32.1 Å². The van der Waals surface area contributed by atoms with Gasteiger partial charge in [-0.1, -0.05) is 25.1 Å². The second-order valence-corrected chi connectivity index (χ2v) is 7.08. The number of nitrogens with one attached hydrogen (secondary N) is 1. The number of carbonyl (C=O) groups excluding carboxylic acids is 1. The van der Waals surface area contributed by atoms with Gasteiger partial charge in [0.1, 0.15) is 6.61 Å². The fourth-order valence-corrected chi connectivity index (χ4v) is 3.93. The highest BCUT2D eigenvalue weighted by molar-refractivity contribution is 5.86. The molecule has 0 saturated heterocycles. The smallest absolute Gasteiger partial charge is 0.343 e. The molecule has 2 aromatic heterocycles. The molecule has 8 nitrogen and oxygen atoms in total. The number of benzene rings is 1. The van der Waals surface area contributed by atoms with Crippen LogP contribution in [0, 0.1) is 0 Å². The number of esters is 1. The maximum atomic E-state index is 13.0. The molecule has 3 aromatic rings. The standard InChI is InChI=1S/C20H16N2O4.CH6N2/c1-2-20(25)14-8-16-17-12(7-11-5-3-4-6-15(11)21-17)9-22(16)18(23)13(14)10-26-19(20)24;1-3-2/h3-8,25H,2,9-10H2,1H3;3H,2H2,1H3/t20-;/m0./s1. The maximum absolute atomic E-state index is 13.0. The minimum atomic E-state index is -1.79. The van der Waals surface area contributed by atoms with Gasteiger partial charge in [-0.3, -0.25) is 16.1 Å². The van der Waals surface area contributed by atoms with E-state index in [2.05, 4.69) is 11.3 Å². The number of aromatic nitrogens is 2. The topological polar surface area (TPSA) is 119 Å². The molecule has 0 bridgehead atoms. The largest absolute Gasteiger partial charge is 0.458 e. The molecule has 5 rings (SSSR count). The summed E-state index contributed by atoms with van der Waals surface area (Å²) in [4.78, 5) is 29.9. The van der Waals surface area contributed by atoms with Crippen LogP contribution in [0.15, 0.2) is 41.2 Å². The molecule has 0 aliphatic carbocycles. The second kappa shape index (κ2) is 7.07. The minimum absolute atomic E-state index is 0.110. The number of cyclic esters (lactones) is 1. The molecule has 0 fully saturated rings. The lowest BCUT2D eigenvalue weighted by molar-refractivity contribution is -0.172. The summed E-state index contributed by atoms with van der Waals surface area (Å²) in [5, 5.41) is 11.8. The van der Waals surface area contributed by atoms with Crippen LogP contribution in [0.1, 0.15) is 30.0 Å². The number of hydrazine groups is 1. The molecule has 0 saturated carbocycles. The Labute approximate surface area is 166 Å². The number of ether oxygens (including phenoxy) is 1. The van der Waals surface area contributed by atoms with Gasteiger partial charge in [0, 0.05) is 16.5 Å². The molecule has 4 heterocycles. The summed E-state index contributed by atoms with van der Waals surface area (Å²) in [6.07, 6.45) is 0.139. The predicted molar refractivity (Wildman–Crippen MR) is 108 cm³/mol. The van der Waals surface area contributed by atoms with Crippen molar-refractivity contribution in [3.63, 3.8) is 0 Å². The molecular formula is C21H22N4O4. The van der Waals surface area contributed by atoms with E-state index in [1.165, 1.54) is 0 Å². The Hall–Kier alpha value is -3.07. The average molecular weight is 394 g/mol. The Bertz CT molecular complexity index is 1190. The zero-order chi connectivity index (χ0) is 20.8. The third kappa shape index (κ3) is 2.84. The van der Waals surface area contributed by atoms with Crippen LogP contribution in [0.5, 0.6) is 0 Å². The number of aliphatic hydroxyl groups is 1. The molecule has 2 aliphatic rings. The summed E-state index contributed by atoms with van der Waals surface area (Å²) >= 11 is 0. The van der Waals surface area contributed by atoms with Crippen LogP contribution in [0.4, 0.5) is 0 Å². The Balaban J connectivity index is 0.000000645. The van der Waals surface area contributed by atoms with E-state index < -0.39 is 11.6 Å². The zero-order valence-corrected chi connectivity index (χ0v) is 16.2. The van der Waals surface area contributed by atoms with E-state index in [1.807, 2.05) is 30.3 Å². The first-order valence-corrected chi connectivity index (χ1v) is 9.37. The Morgan fingerprint density at radius 2 is 2.03 bits per heavy atom. The van der Waals surface area contributed by atoms with Crippen LogP contribution in [0.3, 0.4) is 0 Å². The van der Waals surface area contributed by atoms with E-state index in [4.69, 9.17) is 9.72 Å². The van der Waals surface area contributed by atoms with Crippen molar-refractivity contribution in [1.29, 1.82) is 0 Å². The Morgan fingerprint density at radius 1 is 1.31 bits per heavy atom. The number of fused-ring (bicyclic) bond motifs is 5. The lowest BCUT2D eigenvalue weighted by Crippen LogP contribution is -2.44. The Morgan fingerprint density at radius 3 is 2.76 bits per heavy atom. The van der Waals surface area contributed by atoms with Crippen LogP contribution < -0.4 is 16.8 Å². The fourth-order valence-electron chi connectivity index (χ4n) is 3.93. The second-order valence-electron chi connectivity index (χ2n) is 7.08. The number of carbonyl (C=O) groups is 1. The Kier molecular flexibility index (Phi) is 4.70. The average Bonchev–Trinajstić information content (AvgIpc) is 3.08. The van der Waals surface area contributed by atoms with E-state index in [-0.39, 0.29) is 18.6 Å². The molecule has 2 aliphatic heterocycles. The summed E-state index contributed by atoms with van der Waals surface area (Å²) in [7, 11) is 1.65. The summed E-state index contributed by atoms with van der Waals surface area (Å²) in [6.45, 7) is 2.01. The first-order valence-electron chi connectivity index (χ1n) is 9.37. The molecule has 150 valence electrons. The van der Waals surface area contributed by atoms with Crippen LogP contribution >= 0.6 is 0 Å². The highest BCUT2D eigenvalue weighted by Crippen LogP contribution is 2.38. The SMILES string of the molecule is CC[C@@]1(O)C(=O)OCc2c1cc1n(c2=O)Cc2cc3ccccc3nc2-1.CNN. The van der Waals surface area contributed by atoms with Crippen LogP contribution in [-0.2, 0) is 28.3 Å². The molecule has 0 unspecified atom stereocenters. The molecule has 0 radical (unpaired) electrons. The van der Waals surface area contributed by atoms with Gasteiger partial charge in [0.25, 0.3) is 5.56 Å². The van der Waals surface area contributed by atoms with Gasteiger partial charge < -0.3 is 14.4 Å². The molecule has 1 aromatic carbocycles. The fraction of sp³-hybridized carbons (Fsp3) is 0.286. The first-order chi connectivity index (χ1) is 13.9. The highest BCUT2D eigenvalue weighted by atomic mass is 16.6. The highest BCUT2D eigenvalue weighted by Gasteiger charge is 2.45. The molecule has 0 amide bonds. The van der Waals surface area contributed by atoms with Crippen molar-refractivity contribution < 1.29 is 14.6 Å². The van der Waals surface area contributed by atoms with Gasteiger partial charge in [-0.25, -0.2) is 9.78 Å². The van der Waals surface area contributed by atoms with E-state index in [0.717, 1.165) is 22.2 Å². The molecule has 4 N–H and O–H groups in total. The van der Waals surface area contributed by atoms with E-state index >= 15 is 0 Å². The van der Waals surface area contributed by atoms with Crippen molar-refractivity contribution in [2.24, 2.45) is 5.84 Å². The molecule has 1 atom stereocenters. The van der Waals surface area contributed by atoms with Gasteiger partial charge in [-0.05, 0) is 31.7 Å². The molecular weight excluding hydrogens is 372 g/mol. The summed E-state index contributed by atoms with van der Waals surface area (Å²) in [6, 6.07) is 11.6. The number of hydrogen-bond acceptors (Lipinski definition) is 7. The lowest BCUT2D eigenvalue weighted by atomic mass is 9.86. The quantitative estimate of drug-likeness (QED) is 0.252. The zero-order valence-electron chi connectivity index (χ0n) is 16.2. The number of rotatable bonds is 1. The predicted octanol–water partition coefficient (Wildman–Crippen LogP) is 1.16. The number of nitrogens with two attached hydrogens (primary N) is 1. The lowest BCUT2D eigenvalue weighted by Gasteiger charge is -2.31. The van der Waals surface area contributed by atoms with E-state index in [1.54, 1.807) is 24.6 Å². The van der Waals surface area contributed by atoms with Gasteiger partial charge in [0.2, 0.25) is 0 Å². The van der Waals surface area contributed by atoms with Crippen molar-refractivity contribution in [1.82, 2.24) is 15.0 Å². The van der Waals surface area contributed by atoms with E-state index in [0.29, 0.717) is 23.4 Å². The van der Waals surface area contributed by atoms with Gasteiger partial charge >= 0.3 is 5.97 Å². The monoisotopic (exact) mass is 394 g/mol. The molecule has 8 heteroatoms. The summed E-state index contributed by atoms with van der Waals surface area (Å²) < 4.78 is 6.72. The third-order valence-electron chi connectivity index (χ3n) is 5.42. The van der Waals surface area contributed by atoms with Crippen LogP contribution in [-0.4, -0.2) is 27.7 Å². The van der Waals surface area contributed by atoms with Crippen molar-refractivity contribution in [3.8, 4) is 11.4 Å². The van der Waals surface area contributed by atoms with Gasteiger partial charge in [-0.2, -0.15) is 0 Å². The van der Waals surface area contributed by atoms with Gasteiger partial charge in [-0.15, -0.1) is 0 Å². The van der Waals surface area contributed by atoms with Gasteiger partial charge in [0.15, 0.2) is 5.60 Å². The minimum Gasteiger partial charge on any atom is -0.458 e. The summed E-state index contributed by atoms with van der Waals surface area (Å²) in [5.41, 5.74) is 4.06.